The van der Waals surface area contributed by atoms with Crippen molar-refractivity contribution in [1.82, 2.24) is 9.88 Å². The van der Waals surface area contributed by atoms with Gasteiger partial charge < -0.3 is 9.64 Å². The first-order chi connectivity index (χ1) is 8.11. The van der Waals surface area contributed by atoms with Gasteiger partial charge in [-0.1, -0.05) is 6.07 Å². The molecule has 0 aliphatic heterocycles. The fourth-order valence-corrected chi connectivity index (χ4v) is 1.74. The number of fused-ring (bicyclic) bond motifs is 1. The van der Waals surface area contributed by atoms with E-state index in [1.165, 1.54) is 0 Å². The Hall–Kier alpha value is -1.61. The lowest BCUT2D eigenvalue weighted by molar-refractivity contribution is 0.316. The number of hydrogen-bond acceptors (Lipinski definition) is 3. The van der Waals surface area contributed by atoms with Crippen molar-refractivity contribution in [2.45, 2.75) is 13.0 Å². The zero-order chi connectivity index (χ0) is 12.4. The molecule has 1 heterocycles. The van der Waals surface area contributed by atoms with E-state index in [2.05, 4.69) is 43.0 Å². The molecule has 3 heteroatoms. The molecule has 0 aliphatic carbocycles. The molecule has 0 saturated heterocycles. The second-order valence-electron chi connectivity index (χ2n) is 4.43. The van der Waals surface area contributed by atoms with Crippen LogP contribution in [0.4, 0.5) is 0 Å². The van der Waals surface area contributed by atoms with Gasteiger partial charge in [0, 0.05) is 11.4 Å². The maximum atomic E-state index is 5.20. The van der Waals surface area contributed by atoms with Crippen LogP contribution >= 0.6 is 0 Å². The van der Waals surface area contributed by atoms with E-state index in [1.807, 2.05) is 18.2 Å². The topological polar surface area (TPSA) is 25.4 Å². The minimum atomic E-state index is 0.321. The summed E-state index contributed by atoms with van der Waals surface area (Å²) in [5.74, 6) is 0.868. The maximum Gasteiger partial charge on any atom is 0.119 e. The van der Waals surface area contributed by atoms with Crippen LogP contribution in [0.15, 0.2) is 30.3 Å². The largest absolute Gasteiger partial charge is 0.497 e. The molecule has 1 unspecified atom stereocenters. The van der Waals surface area contributed by atoms with Crippen molar-refractivity contribution in [2.75, 3.05) is 21.2 Å². The quantitative estimate of drug-likeness (QED) is 0.810. The number of methoxy groups -OCH3 is 1. The molecule has 0 spiro atoms. The first-order valence-corrected chi connectivity index (χ1v) is 5.73. The summed E-state index contributed by atoms with van der Waals surface area (Å²) in [6, 6.07) is 10.4. The van der Waals surface area contributed by atoms with Gasteiger partial charge in [-0.05, 0) is 45.3 Å². The van der Waals surface area contributed by atoms with E-state index < -0.39 is 0 Å². The lowest BCUT2D eigenvalue weighted by atomic mass is 10.1. The Morgan fingerprint density at radius 3 is 2.59 bits per heavy atom. The molecule has 1 aromatic heterocycles. The van der Waals surface area contributed by atoms with Crippen LogP contribution in [0.1, 0.15) is 18.7 Å². The Balaban J connectivity index is 2.44. The summed E-state index contributed by atoms with van der Waals surface area (Å²) in [5.41, 5.74) is 2.10. The van der Waals surface area contributed by atoms with E-state index in [0.717, 1.165) is 22.3 Å². The number of hydrogen-bond donors (Lipinski definition) is 0. The molecule has 2 rings (SSSR count). The molecule has 0 fully saturated rings. The molecule has 17 heavy (non-hydrogen) atoms. The van der Waals surface area contributed by atoms with E-state index in [9.17, 15) is 0 Å². The second kappa shape index (κ2) is 4.72. The molecule has 0 N–H and O–H groups in total. The molecular weight excluding hydrogens is 212 g/mol. The standard InChI is InChI=1S/C14H18N2O/c1-10(16(2)3)13-7-5-11-9-12(17-4)6-8-14(11)15-13/h5-10H,1-4H3. The molecule has 1 atom stereocenters. The van der Waals surface area contributed by atoms with Crippen LogP contribution in [0.5, 0.6) is 5.75 Å². The van der Waals surface area contributed by atoms with Crippen LogP contribution in [-0.2, 0) is 0 Å². The van der Waals surface area contributed by atoms with Crippen molar-refractivity contribution in [3.05, 3.63) is 36.0 Å². The predicted octanol–water partition coefficient (Wildman–Crippen LogP) is 2.87. The fourth-order valence-electron chi connectivity index (χ4n) is 1.74. The van der Waals surface area contributed by atoms with Gasteiger partial charge in [0.1, 0.15) is 5.75 Å². The van der Waals surface area contributed by atoms with Crippen molar-refractivity contribution >= 4 is 10.9 Å². The Morgan fingerprint density at radius 1 is 1.18 bits per heavy atom. The van der Waals surface area contributed by atoms with E-state index in [1.54, 1.807) is 7.11 Å². The van der Waals surface area contributed by atoms with Crippen molar-refractivity contribution in [2.24, 2.45) is 0 Å². The first kappa shape index (κ1) is 11.9. The third-order valence-corrected chi connectivity index (χ3v) is 3.12. The van der Waals surface area contributed by atoms with E-state index in [-0.39, 0.29) is 0 Å². The zero-order valence-corrected chi connectivity index (χ0v) is 10.8. The molecule has 0 radical (unpaired) electrons. The summed E-state index contributed by atoms with van der Waals surface area (Å²) in [5, 5.41) is 1.11. The van der Waals surface area contributed by atoms with Crippen LogP contribution < -0.4 is 4.74 Å². The van der Waals surface area contributed by atoms with Gasteiger partial charge >= 0.3 is 0 Å². The van der Waals surface area contributed by atoms with Gasteiger partial charge in [0.25, 0.3) is 0 Å². The average molecular weight is 230 g/mol. The smallest absolute Gasteiger partial charge is 0.119 e. The van der Waals surface area contributed by atoms with E-state index >= 15 is 0 Å². The predicted molar refractivity (Wildman–Crippen MR) is 70.4 cm³/mol. The summed E-state index contributed by atoms with van der Waals surface area (Å²) in [6.07, 6.45) is 0. The van der Waals surface area contributed by atoms with Crippen LogP contribution in [0, 0.1) is 0 Å². The summed E-state index contributed by atoms with van der Waals surface area (Å²) in [7, 11) is 5.80. The number of benzene rings is 1. The highest BCUT2D eigenvalue weighted by Crippen LogP contribution is 2.22. The normalized spacial score (nSPS) is 13.0. The van der Waals surface area contributed by atoms with Crippen molar-refractivity contribution < 1.29 is 4.74 Å². The molecule has 0 amide bonds. The van der Waals surface area contributed by atoms with Crippen molar-refractivity contribution in [3.8, 4) is 5.75 Å². The Bertz CT molecular complexity index is 523. The van der Waals surface area contributed by atoms with Gasteiger partial charge in [-0.2, -0.15) is 0 Å². The molecular formula is C14H18N2O. The monoisotopic (exact) mass is 230 g/mol. The molecule has 0 saturated carbocycles. The minimum Gasteiger partial charge on any atom is -0.497 e. The van der Waals surface area contributed by atoms with Gasteiger partial charge in [0.15, 0.2) is 0 Å². The molecule has 2 aromatic rings. The van der Waals surface area contributed by atoms with Crippen LogP contribution in [0.3, 0.4) is 0 Å². The molecule has 0 aliphatic rings. The van der Waals surface area contributed by atoms with Crippen LogP contribution in [0.2, 0.25) is 0 Å². The first-order valence-electron chi connectivity index (χ1n) is 5.73. The molecule has 0 bridgehead atoms. The lowest BCUT2D eigenvalue weighted by Gasteiger charge is -2.19. The number of ether oxygens (including phenoxy) is 1. The number of aromatic nitrogens is 1. The number of rotatable bonds is 3. The van der Waals surface area contributed by atoms with Crippen molar-refractivity contribution in [1.29, 1.82) is 0 Å². The van der Waals surface area contributed by atoms with E-state index in [4.69, 9.17) is 4.74 Å². The van der Waals surface area contributed by atoms with Crippen LogP contribution in [0.25, 0.3) is 10.9 Å². The van der Waals surface area contributed by atoms with Crippen molar-refractivity contribution in [3.63, 3.8) is 0 Å². The highest BCUT2D eigenvalue weighted by atomic mass is 16.5. The minimum absolute atomic E-state index is 0.321. The third kappa shape index (κ3) is 2.39. The van der Waals surface area contributed by atoms with Crippen LogP contribution in [-0.4, -0.2) is 31.1 Å². The van der Waals surface area contributed by atoms with E-state index in [0.29, 0.717) is 6.04 Å². The van der Waals surface area contributed by atoms with Gasteiger partial charge in [-0.15, -0.1) is 0 Å². The number of pyridine rings is 1. The SMILES string of the molecule is COc1ccc2nc(C(C)N(C)C)ccc2c1. The summed E-state index contributed by atoms with van der Waals surface area (Å²) < 4.78 is 5.20. The molecule has 3 nitrogen and oxygen atoms in total. The highest BCUT2D eigenvalue weighted by Gasteiger charge is 2.09. The Labute approximate surface area is 102 Å². The Morgan fingerprint density at radius 2 is 1.94 bits per heavy atom. The second-order valence-corrected chi connectivity index (χ2v) is 4.43. The van der Waals surface area contributed by atoms with Gasteiger partial charge in [0.2, 0.25) is 0 Å². The van der Waals surface area contributed by atoms with Gasteiger partial charge in [-0.3, -0.25) is 4.98 Å². The average Bonchev–Trinajstić information content (AvgIpc) is 2.36. The van der Waals surface area contributed by atoms with Gasteiger partial charge in [-0.25, -0.2) is 0 Å². The molecule has 90 valence electrons. The summed E-state index contributed by atoms with van der Waals surface area (Å²) in [6.45, 7) is 2.15. The zero-order valence-electron chi connectivity index (χ0n) is 10.8. The lowest BCUT2D eigenvalue weighted by Crippen LogP contribution is -2.17. The fraction of sp³-hybridized carbons (Fsp3) is 0.357. The molecule has 1 aromatic carbocycles. The maximum absolute atomic E-state index is 5.20. The Kier molecular flexibility index (Phi) is 3.29. The third-order valence-electron chi connectivity index (χ3n) is 3.12. The number of nitrogens with zero attached hydrogens (tertiary/aromatic N) is 2. The summed E-state index contributed by atoms with van der Waals surface area (Å²) >= 11 is 0. The highest BCUT2D eigenvalue weighted by molar-refractivity contribution is 5.80. The summed E-state index contributed by atoms with van der Waals surface area (Å²) in [4.78, 5) is 6.83. The van der Waals surface area contributed by atoms with Gasteiger partial charge in [0.05, 0.1) is 18.3 Å².